The number of nitrogens with one attached hydrogen (secondary N) is 1. The van der Waals surface area contributed by atoms with Gasteiger partial charge in [-0.3, -0.25) is 0 Å². The Labute approximate surface area is 213 Å². The lowest BCUT2D eigenvalue weighted by atomic mass is 9.61. The van der Waals surface area contributed by atoms with E-state index in [-0.39, 0.29) is 23.4 Å². The highest BCUT2D eigenvalue weighted by molar-refractivity contribution is 5.83. The van der Waals surface area contributed by atoms with E-state index in [2.05, 4.69) is 146 Å². The second-order valence-electron chi connectivity index (χ2n) is 10.2. The smallest absolute Gasteiger partial charge is 0.0496 e. The SMILES string of the molecule is Cc1ccc([C@H]2[C@@H](c3ccccc3)N[C@H](c3ccccc3)C23c2ccccc2-c2ccccc23)cc1. The van der Waals surface area contributed by atoms with E-state index in [1.165, 1.54) is 44.5 Å². The molecule has 1 fully saturated rings. The first-order valence-electron chi connectivity index (χ1n) is 12.9. The van der Waals surface area contributed by atoms with Crippen molar-refractivity contribution in [2.75, 3.05) is 0 Å². The van der Waals surface area contributed by atoms with Crippen molar-refractivity contribution in [3.8, 4) is 11.1 Å². The molecule has 7 rings (SSSR count). The Morgan fingerprint density at radius 2 is 1.00 bits per heavy atom. The van der Waals surface area contributed by atoms with Crippen LogP contribution in [-0.2, 0) is 5.41 Å². The predicted octanol–water partition coefficient (Wildman–Crippen LogP) is 8.13. The number of hydrogen-bond acceptors (Lipinski definition) is 1. The number of benzene rings is 5. The van der Waals surface area contributed by atoms with Crippen LogP contribution in [0.1, 0.15) is 51.4 Å². The van der Waals surface area contributed by atoms with E-state index in [0.717, 1.165) is 0 Å². The van der Waals surface area contributed by atoms with Gasteiger partial charge in [-0.1, -0.05) is 139 Å². The van der Waals surface area contributed by atoms with E-state index >= 15 is 0 Å². The Hall–Kier alpha value is -3.94. The van der Waals surface area contributed by atoms with E-state index in [1.54, 1.807) is 0 Å². The molecule has 174 valence electrons. The summed E-state index contributed by atoms with van der Waals surface area (Å²) in [5, 5.41) is 4.20. The fourth-order valence-corrected chi connectivity index (χ4v) is 6.98. The van der Waals surface area contributed by atoms with Gasteiger partial charge in [0, 0.05) is 23.4 Å². The molecule has 1 heterocycles. The van der Waals surface area contributed by atoms with Gasteiger partial charge in [0.15, 0.2) is 0 Å². The topological polar surface area (TPSA) is 12.0 Å². The van der Waals surface area contributed by atoms with Gasteiger partial charge in [0.2, 0.25) is 0 Å². The van der Waals surface area contributed by atoms with Crippen molar-refractivity contribution in [1.29, 1.82) is 0 Å². The van der Waals surface area contributed by atoms with E-state index in [9.17, 15) is 0 Å². The summed E-state index contributed by atoms with van der Waals surface area (Å²) >= 11 is 0. The molecule has 5 aromatic rings. The molecule has 0 unspecified atom stereocenters. The molecule has 2 aliphatic rings. The number of aryl methyl sites for hydroxylation is 1. The lowest BCUT2D eigenvalue weighted by Gasteiger charge is -2.40. The van der Waals surface area contributed by atoms with Gasteiger partial charge >= 0.3 is 0 Å². The number of fused-ring (bicyclic) bond motifs is 5. The average molecular weight is 464 g/mol. The minimum Gasteiger partial charge on any atom is -0.301 e. The Bertz CT molecular complexity index is 1470. The van der Waals surface area contributed by atoms with Gasteiger partial charge in [-0.25, -0.2) is 0 Å². The minimum absolute atomic E-state index is 0.125. The zero-order valence-corrected chi connectivity index (χ0v) is 20.4. The summed E-state index contributed by atoms with van der Waals surface area (Å²) in [5.41, 5.74) is 10.7. The van der Waals surface area contributed by atoms with Crippen LogP contribution in [0.15, 0.2) is 133 Å². The summed E-state index contributed by atoms with van der Waals surface area (Å²) < 4.78 is 0. The molecule has 0 amide bonds. The first-order valence-corrected chi connectivity index (χ1v) is 12.9. The van der Waals surface area contributed by atoms with Crippen molar-refractivity contribution in [2.24, 2.45) is 0 Å². The molecule has 36 heavy (non-hydrogen) atoms. The van der Waals surface area contributed by atoms with Crippen LogP contribution in [0.3, 0.4) is 0 Å². The summed E-state index contributed by atoms with van der Waals surface area (Å²) in [4.78, 5) is 0. The van der Waals surface area contributed by atoms with Gasteiger partial charge in [-0.05, 0) is 45.9 Å². The van der Waals surface area contributed by atoms with Gasteiger partial charge in [0.1, 0.15) is 0 Å². The lowest BCUT2D eigenvalue weighted by molar-refractivity contribution is 0.420. The zero-order valence-electron chi connectivity index (χ0n) is 20.4. The van der Waals surface area contributed by atoms with Crippen LogP contribution in [0.25, 0.3) is 11.1 Å². The molecule has 1 N–H and O–H groups in total. The average Bonchev–Trinajstić information content (AvgIpc) is 3.45. The van der Waals surface area contributed by atoms with Gasteiger partial charge in [0.05, 0.1) is 0 Å². The molecule has 1 saturated heterocycles. The second-order valence-corrected chi connectivity index (χ2v) is 10.2. The van der Waals surface area contributed by atoms with Crippen molar-refractivity contribution in [2.45, 2.75) is 30.3 Å². The van der Waals surface area contributed by atoms with E-state index < -0.39 is 0 Å². The normalized spacial score (nSPS) is 21.3. The Kier molecular flexibility index (Phi) is 4.94. The molecule has 0 aromatic heterocycles. The lowest BCUT2D eigenvalue weighted by Crippen LogP contribution is -2.36. The molecule has 1 spiro atoms. The van der Waals surface area contributed by atoms with Gasteiger partial charge in [-0.15, -0.1) is 0 Å². The summed E-state index contributed by atoms with van der Waals surface area (Å²) in [6.45, 7) is 2.17. The van der Waals surface area contributed by atoms with Gasteiger partial charge in [-0.2, -0.15) is 0 Å². The Balaban J connectivity index is 1.60. The molecule has 0 bridgehead atoms. The molecule has 1 heteroatoms. The maximum atomic E-state index is 4.20. The third-order valence-electron chi connectivity index (χ3n) is 8.39. The van der Waals surface area contributed by atoms with E-state index in [0.29, 0.717) is 0 Å². The summed E-state index contributed by atoms with van der Waals surface area (Å²) in [7, 11) is 0. The van der Waals surface area contributed by atoms with Crippen molar-refractivity contribution < 1.29 is 0 Å². The maximum absolute atomic E-state index is 4.20. The minimum atomic E-state index is -0.246. The third kappa shape index (κ3) is 3.00. The van der Waals surface area contributed by atoms with E-state index in [1.807, 2.05) is 0 Å². The summed E-state index contributed by atoms with van der Waals surface area (Å²) in [6, 6.07) is 49.8. The molecule has 1 aliphatic carbocycles. The molecule has 3 atom stereocenters. The predicted molar refractivity (Wildman–Crippen MR) is 148 cm³/mol. The van der Waals surface area contributed by atoms with Crippen molar-refractivity contribution in [3.63, 3.8) is 0 Å². The largest absolute Gasteiger partial charge is 0.301 e. The maximum Gasteiger partial charge on any atom is 0.0496 e. The fourth-order valence-electron chi connectivity index (χ4n) is 6.98. The Morgan fingerprint density at radius 3 is 1.58 bits per heavy atom. The van der Waals surface area contributed by atoms with E-state index in [4.69, 9.17) is 0 Å². The summed E-state index contributed by atoms with van der Waals surface area (Å²) in [5.74, 6) is 0.218. The molecule has 1 nitrogen and oxygen atoms in total. The molecule has 0 saturated carbocycles. The second kappa shape index (κ2) is 8.33. The molecule has 0 radical (unpaired) electrons. The molecule has 5 aromatic carbocycles. The number of rotatable bonds is 3. The Morgan fingerprint density at radius 1 is 0.500 bits per heavy atom. The van der Waals surface area contributed by atoms with Crippen molar-refractivity contribution in [1.82, 2.24) is 5.32 Å². The van der Waals surface area contributed by atoms with Crippen LogP contribution in [0.5, 0.6) is 0 Å². The van der Waals surface area contributed by atoms with Crippen molar-refractivity contribution in [3.05, 3.63) is 167 Å². The van der Waals surface area contributed by atoms with Crippen molar-refractivity contribution >= 4 is 0 Å². The monoisotopic (exact) mass is 463 g/mol. The molecule has 1 aliphatic heterocycles. The van der Waals surface area contributed by atoms with Crippen LogP contribution in [0.4, 0.5) is 0 Å². The first kappa shape index (κ1) is 21.4. The number of hydrogen-bond donors (Lipinski definition) is 1. The highest BCUT2D eigenvalue weighted by Gasteiger charge is 2.61. The fraction of sp³-hybridized carbons (Fsp3) is 0.143. The van der Waals surface area contributed by atoms with Crippen LogP contribution >= 0.6 is 0 Å². The van der Waals surface area contributed by atoms with Crippen LogP contribution < -0.4 is 5.32 Å². The zero-order chi connectivity index (χ0) is 24.1. The third-order valence-corrected chi connectivity index (χ3v) is 8.39. The molecular weight excluding hydrogens is 434 g/mol. The van der Waals surface area contributed by atoms with Gasteiger partial charge < -0.3 is 5.32 Å². The highest BCUT2D eigenvalue weighted by atomic mass is 15.1. The first-order chi connectivity index (χ1) is 17.8. The highest BCUT2D eigenvalue weighted by Crippen LogP contribution is 2.67. The van der Waals surface area contributed by atoms with Crippen LogP contribution in [0.2, 0.25) is 0 Å². The van der Waals surface area contributed by atoms with Gasteiger partial charge in [0.25, 0.3) is 0 Å². The van der Waals surface area contributed by atoms with Crippen LogP contribution in [0, 0.1) is 6.92 Å². The van der Waals surface area contributed by atoms with Crippen LogP contribution in [-0.4, -0.2) is 0 Å². The summed E-state index contributed by atoms with van der Waals surface area (Å²) in [6.07, 6.45) is 0. The molecular formula is C35H29N. The standard InChI is InChI=1S/C35H29N/c1-24-20-22-25(23-21-24)32-33(26-12-4-2-5-13-26)36-34(27-14-6-3-7-15-27)35(32)30-18-10-8-16-28(30)29-17-9-11-19-31(29)35/h2-23,32-34,36H,1H3/t32-,33+,34+/m0/s1. The quantitative estimate of drug-likeness (QED) is 0.285.